The largest absolute Gasteiger partial charge is 0.381 e. The Bertz CT molecular complexity index is 222. The molecule has 0 radical (unpaired) electrons. The summed E-state index contributed by atoms with van der Waals surface area (Å²) in [5.74, 6) is -0.130. The Balaban J connectivity index is 4.21. The molecular formula is C6H7N3O. The van der Waals surface area contributed by atoms with Crippen LogP contribution in [0, 0.1) is 11.3 Å². The lowest BCUT2D eigenvalue weighted by atomic mass is 10.4. The molecule has 52 valence electrons. The van der Waals surface area contributed by atoms with Crippen LogP contribution in [0.15, 0.2) is 16.8 Å². The van der Waals surface area contributed by atoms with E-state index in [9.17, 15) is 4.79 Å². The van der Waals surface area contributed by atoms with E-state index in [1.807, 2.05) is 6.07 Å². The van der Waals surface area contributed by atoms with Gasteiger partial charge in [0.05, 0.1) is 6.07 Å². The minimum atomic E-state index is -0.130. The molecule has 0 aromatic carbocycles. The van der Waals surface area contributed by atoms with Gasteiger partial charge in [-0.05, 0) is 6.92 Å². The Morgan fingerprint density at radius 1 is 1.80 bits per heavy atom. The Labute approximate surface area is 58.7 Å². The van der Waals surface area contributed by atoms with Crippen LogP contribution in [0.2, 0.25) is 0 Å². The second kappa shape index (κ2) is 4.27. The molecule has 0 spiro atoms. The van der Waals surface area contributed by atoms with Crippen molar-refractivity contribution in [3.8, 4) is 6.07 Å². The van der Waals surface area contributed by atoms with Gasteiger partial charge in [0.1, 0.15) is 0 Å². The van der Waals surface area contributed by atoms with Crippen LogP contribution in [-0.2, 0) is 4.79 Å². The predicted octanol–water partition coefficient (Wildman–Crippen LogP) is -0.0301. The van der Waals surface area contributed by atoms with Crippen LogP contribution in [0.1, 0.15) is 6.92 Å². The fourth-order valence-corrected chi connectivity index (χ4v) is 0.231. The Kier molecular flexibility index (Phi) is 3.57. The number of hydrogen-bond donors (Lipinski definition) is 1. The maximum atomic E-state index is 9.84. The molecule has 0 saturated heterocycles. The summed E-state index contributed by atoms with van der Waals surface area (Å²) >= 11 is 0. The SMILES string of the molecule is C/C(C#N)=C\N=C(N)C=O. The van der Waals surface area contributed by atoms with Crippen molar-refractivity contribution in [3.63, 3.8) is 0 Å². The van der Waals surface area contributed by atoms with Gasteiger partial charge in [0, 0.05) is 11.8 Å². The maximum absolute atomic E-state index is 9.84. The first-order valence-corrected chi connectivity index (χ1v) is 2.56. The maximum Gasteiger partial charge on any atom is 0.184 e. The summed E-state index contributed by atoms with van der Waals surface area (Å²) < 4.78 is 0. The number of carbonyl (C=O) groups excluding carboxylic acids is 1. The topological polar surface area (TPSA) is 79.2 Å². The van der Waals surface area contributed by atoms with Crippen LogP contribution in [-0.4, -0.2) is 12.1 Å². The smallest absolute Gasteiger partial charge is 0.184 e. The molecule has 0 atom stereocenters. The van der Waals surface area contributed by atoms with Gasteiger partial charge in [-0.25, -0.2) is 4.99 Å². The van der Waals surface area contributed by atoms with Gasteiger partial charge >= 0.3 is 0 Å². The van der Waals surface area contributed by atoms with E-state index in [0.717, 1.165) is 0 Å². The van der Waals surface area contributed by atoms with E-state index in [1.165, 1.54) is 6.20 Å². The standard InChI is InChI=1S/C6H7N3O/c1-5(2-7)3-9-6(8)4-10/h3-4H,1H3,(H2,8,9)/b5-3+. The first-order chi connectivity index (χ1) is 4.70. The van der Waals surface area contributed by atoms with Crippen molar-refractivity contribution in [1.29, 1.82) is 5.26 Å². The quantitative estimate of drug-likeness (QED) is 0.251. The van der Waals surface area contributed by atoms with Crippen LogP contribution >= 0.6 is 0 Å². The fraction of sp³-hybridized carbons (Fsp3) is 0.167. The van der Waals surface area contributed by atoms with E-state index in [2.05, 4.69) is 4.99 Å². The molecule has 0 amide bonds. The molecule has 0 fully saturated rings. The van der Waals surface area contributed by atoms with Crippen molar-refractivity contribution in [2.45, 2.75) is 6.92 Å². The number of allylic oxidation sites excluding steroid dienone is 1. The second-order valence-electron chi connectivity index (χ2n) is 1.60. The minimum absolute atomic E-state index is 0.130. The van der Waals surface area contributed by atoms with Gasteiger partial charge in [0.15, 0.2) is 12.1 Å². The molecule has 4 nitrogen and oxygen atoms in total. The minimum Gasteiger partial charge on any atom is -0.381 e. The summed E-state index contributed by atoms with van der Waals surface area (Å²) in [7, 11) is 0. The third-order valence-corrected chi connectivity index (χ3v) is 0.704. The van der Waals surface area contributed by atoms with Gasteiger partial charge in [-0.15, -0.1) is 0 Å². The number of aldehydes is 1. The summed E-state index contributed by atoms with van der Waals surface area (Å²) in [5.41, 5.74) is 5.41. The molecule has 0 saturated carbocycles. The molecular weight excluding hydrogens is 130 g/mol. The Morgan fingerprint density at radius 2 is 2.40 bits per heavy atom. The number of nitrogens with two attached hydrogens (primary N) is 1. The molecule has 0 aliphatic carbocycles. The van der Waals surface area contributed by atoms with E-state index in [0.29, 0.717) is 11.9 Å². The lowest BCUT2D eigenvalue weighted by molar-refractivity contribution is -0.102. The highest BCUT2D eigenvalue weighted by Crippen LogP contribution is 1.87. The van der Waals surface area contributed by atoms with Gasteiger partial charge < -0.3 is 5.73 Å². The van der Waals surface area contributed by atoms with Crippen molar-refractivity contribution in [3.05, 3.63) is 11.8 Å². The molecule has 0 aliphatic heterocycles. The Hall–Kier alpha value is -1.63. The molecule has 0 unspecified atom stereocenters. The zero-order valence-corrected chi connectivity index (χ0v) is 5.53. The first-order valence-electron chi connectivity index (χ1n) is 2.56. The highest BCUT2D eigenvalue weighted by molar-refractivity contribution is 6.26. The van der Waals surface area contributed by atoms with Gasteiger partial charge in [-0.2, -0.15) is 5.26 Å². The number of carbonyl (C=O) groups is 1. The van der Waals surface area contributed by atoms with Crippen LogP contribution in [0.3, 0.4) is 0 Å². The van der Waals surface area contributed by atoms with Crippen molar-refractivity contribution >= 4 is 12.1 Å². The first kappa shape index (κ1) is 8.37. The van der Waals surface area contributed by atoms with Gasteiger partial charge in [-0.1, -0.05) is 0 Å². The number of hydrogen-bond acceptors (Lipinski definition) is 3. The molecule has 0 bridgehead atoms. The average Bonchev–Trinajstić information content (AvgIpc) is 1.99. The molecule has 0 aromatic rings. The molecule has 0 rings (SSSR count). The van der Waals surface area contributed by atoms with Crippen molar-refractivity contribution < 1.29 is 4.79 Å². The molecule has 0 aromatic heterocycles. The molecule has 4 heteroatoms. The average molecular weight is 137 g/mol. The lowest BCUT2D eigenvalue weighted by Crippen LogP contribution is -2.11. The summed E-state index contributed by atoms with van der Waals surface area (Å²) in [4.78, 5) is 13.3. The van der Waals surface area contributed by atoms with Crippen LogP contribution in [0.5, 0.6) is 0 Å². The molecule has 0 heterocycles. The van der Waals surface area contributed by atoms with E-state index in [1.54, 1.807) is 6.92 Å². The monoisotopic (exact) mass is 137 g/mol. The van der Waals surface area contributed by atoms with Gasteiger partial charge in [-0.3, -0.25) is 4.79 Å². The number of rotatable bonds is 2. The highest BCUT2D eigenvalue weighted by atomic mass is 16.1. The van der Waals surface area contributed by atoms with E-state index >= 15 is 0 Å². The molecule has 0 aliphatic rings. The Morgan fingerprint density at radius 3 is 2.80 bits per heavy atom. The fourth-order valence-electron chi connectivity index (χ4n) is 0.231. The van der Waals surface area contributed by atoms with Crippen LogP contribution in [0.25, 0.3) is 0 Å². The van der Waals surface area contributed by atoms with Gasteiger partial charge in [0.2, 0.25) is 0 Å². The third kappa shape index (κ3) is 3.38. The second-order valence-corrected chi connectivity index (χ2v) is 1.60. The summed E-state index contributed by atoms with van der Waals surface area (Å²) in [5, 5.41) is 8.20. The predicted molar refractivity (Wildman–Crippen MR) is 37.1 cm³/mol. The summed E-state index contributed by atoms with van der Waals surface area (Å²) in [6.07, 6.45) is 1.66. The van der Waals surface area contributed by atoms with Crippen molar-refractivity contribution in [2.75, 3.05) is 0 Å². The van der Waals surface area contributed by atoms with Crippen LogP contribution in [0.4, 0.5) is 0 Å². The van der Waals surface area contributed by atoms with Gasteiger partial charge in [0.25, 0.3) is 0 Å². The number of amidine groups is 1. The number of aliphatic imine (C=N–C) groups is 1. The van der Waals surface area contributed by atoms with Crippen molar-refractivity contribution in [1.82, 2.24) is 0 Å². The molecule has 2 N–H and O–H groups in total. The number of nitriles is 1. The van der Waals surface area contributed by atoms with E-state index in [-0.39, 0.29) is 5.84 Å². The van der Waals surface area contributed by atoms with Crippen molar-refractivity contribution in [2.24, 2.45) is 10.7 Å². The molecule has 10 heavy (non-hydrogen) atoms. The summed E-state index contributed by atoms with van der Waals surface area (Å²) in [6, 6.07) is 1.83. The summed E-state index contributed by atoms with van der Waals surface area (Å²) in [6.45, 7) is 1.57. The number of nitrogens with zero attached hydrogens (tertiary/aromatic N) is 2. The van der Waals surface area contributed by atoms with E-state index < -0.39 is 0 Å². The third-order valence-electron chi connectivity index (χ3n) is 0.704. The zero-order valence-electron chi connectivity index (χ0n) is 5.53. The van der Waals surface area contributed by atoms with Crippen LogP contribution < -0.4 is 5.73 Å². The zero-order chi connectivity index (χ0) is 7.98. The van der Waals surface area contributed by atoms with E-state index in [4.69, 9.17) is 11.0 Å². The highest BCUT2D eigenvalue weighted by Gasteiger charge is 1.83. The lowest BCUT2D eigenvalue weighted by Gasteiger charge is -1.82. The normalized spacial score (nSPS) is 12.4.